The molecule has 5 heteroatoms. The third-order valence-electron chi connectivity index (χ3n) is 5.19. The number of ether oxygens (including phenoxy) is 1. The lowest BCUT2D eigenvalue weighted by Crippen LogP contribution is -2.53. The standard InChI is InChI=1S/C15H23NO4/c17-14(10-4-6-11(7-5-10)15(18)19)16-8-9-20-13-3-1-2-12(13)16/h10-13H,1-9H2,(H,18,19). The lowest BCUT2D eigenvalue weighted by molar-refractivity contribution is -0.152. The van der Waals surface area contributed by atoms with Gasteiger partial charge in [-0.2, -0.15) is 0 Å². The number of fused-ring (bicyclic) bond motifs is 1. The van der Waals surface area contributed by atoms with E-state index in [1.54, 1.807) is 0 Å². The molecule has 0 aromatic rings. The van der Waals surface area contributed by atoms with Crippen LogP contribution in [0.2, 0.25) is 0 Å². The second-order valence-corrected chi connectivity index (χ2v) is 6.33. The Hall–Kier alpha value is -1.10. The van der Waals surface area contributed by atoms with Gasteiger partial charge in [-0.1, -0.05) is 0 Å². The van der Waals surface area contributed by atoms with Crippen LogP contribution in [0.3, 0.4) is 0 Å². The Bertz CT molecular complexity index is 389. The number of rotatable bonds is 2. The highest BCUT2D eigenvalue weighted by molar-refractivity contribution is 5.80. The first kappa shape index (κ1) is 13.9. The molecule has 0 spiro atoms. The van der Waals surface area contributed by atoms with Gasteiger partial charge in [0.25, 0.3) is 0 Å². The maximum atomic E-state index is 12.7. The second kappa shape index (κ2) is 5.72. The van der Waals surface area contributed by atoms with E-state index in [0.29, 0.717) is 26.0 Å². The Morgan fingerprint density at radius 1 is 1.00 bits per heavy atom. The van der Waals surface area contributed by atoms with Crippen molar-refractivity contribution in [1.82, 2.24) is 4.90 Å². The first-order valence-electron chi connectivity index (χ1n) is 7.81. The van der Waals surface area contributed by atoms with Gasteiger partial charge in [-0.05, 0) is 44.9 Å². The molecule has 112 valence electrons. The molecule has 5 nitrogen and oxygen atoms in total. The molecule has 1 amide bonds. The Morgan fingerprint density at radius 2 is 1.70 bits per heavy atom. The number of nitrogens with zero attached hydrogens (tertiary/aromatic N) is 1. The fourth-order valence-corrected chi connectivity index (χ4v) is 4.02. The second-order valence-electron chi connectivity index (χ2n) is 6.33. The van der Waals surface area contributed by atoms with Crippen molar-refractivity contribution in [3.05, 3.63) is 0 Å². The predicted octanol–water partition coefficient (Wildman–Crippen LogP) is 1.66. The van der Waals surface area contributed by atoms with Gasteiger partial charge in [0.2, 0.25) is 5.91 Å². The molecule has 2 atom stereocenters. The number of amides is 1. The normalized spacial score (nSPS) is 37.5. The van der Waals surface area contributed by atoms with Crippen LogP contribution >= 0.6 is 0 Å². The molecule has 3 fully saturated rings. The van der Waals surface area contributed by atoms with Crippen LogP contribution in [0.4, 0.5) is 0 Å². The average molecular weight is 281 g/mol. The number of carbonyl (C=O) groups excluding carboxylic acids is 1. The van der Waals surface area contributed by atoms with Crippen LogP contribution in [0.5, 0.6) is 0 Å². The molecule has 1 saturated heterocycles. The van der Waals surface area contributed by atoms with Gasteiger partial charge in [-0.15, -0.1) is 0 Å². The Kier molecular flexibility index (Phi) is 3.96. The summed E-state index contributed by atoms with van der Waals surface area (Å²) in [5.74, 6) is -0.680. The summed E-state index contributed by atoms with van der Waals surface area (Å²) >= 11 is 0. The van der Waals surface area contributed by atoms with Crippen LogP contribution in [-0.2, 0) is 14.3 Å². The fourth-order valence-electron chi connectivity index (χ4n) is 4.02. The Labute approximate surface area is 119 Å². The van der Waals surface area contributed by atoms with Crippen molar-refractivity contribution in [2.24, 2.45) is 11.8 Å². The van der Waals surface area contributed by atoms with Crippen molar-refractivity contribution in [1.29, 1.82) is 0 Å². The van der Waals surface area contributed by atoms with E-state index >= 15 is 0 Å². The maximum absolute atomic E-state index is 12.7. The molecule has 20 heavy (non-hydrogen) atoms. The Morgan fingerprint density at radius 3 is 2.40 bits per heavy atom. The van der Waals surface area contributed by atoms with Crippen LogP contribution in [0.1, 0.15) is 44.9 Å². The molecule has 2 aliphatic carbocycles. The van der Waals surface area contributed by atoms with Crippen LogP contribution < -0.4 is 0 Å². The summed E-state index contributed by atoms with van der Waals surface area (Å²) < 4.78 is 5.75. The van der Waals surface area contributed by atoms with Gasteiger partial charge < -0.3 is 14.7 Å². The van der Waals surface area contributed by atoms with Gasteiger partial charge in [0.15, 0.2) is 0 Å². The highest BCUT2D eigenvalue weighted by Gasteiger charge is 2.41. The first-order valence-corrected chi connectivity index (χ1v) is 7.81. The van der Waals surface area contributed by atoms with Gasteiger partial charge in [-0.25, -0.2) is 0 Å². The smallest absolute Gasteiger partial charge is 0.306 e. The molecule has 2 saturated carbocycles. The predicted molar refractivity (Wildman–Crippen MR) is 72.2 cm³/mol. The summed E-state index contributed by atoms with van der Waals surface area (Å²) in [7, 11) is 0. The minimum Gasteiger partial charge on any atom is -0.481 e. The van der Waals surface area contributed by atoms with E-state index in [0.717, 1.165) is 32.1 Å². The van der Waals surface area contributed by atoms with Gasteiger partial charge in [-0.3, -0.25) is 9.59 Å². The van der Waals surface area contributed by atoms with Crippen LogP contribution in [0.15, 0.2) is 0 Å². The average Bonchev–Trinajstić information content (AvgIpc) is 2.95. The zero-order valence-corrected chi connectivity index (χ0v) is 11.8. The maximum Gasteiger partial charge on any atom is 0.306 e. The number of hydrogen-bond donors (Lipinski definition) is 1. The lowest BCUT2D eigenvalue weighted by Gasteiger charge is -2.40. The molecular weight excluding hydrogens is 258 g/mol. The molecule has 3 aliphatic rings. The van der Waals surface area contributed by atoms with Crippen molar-refractivity contribution < 1.29 is 19.4 Å². The van der Waals surface area contributed by atoms with Gasteiger partial charge in [0.05, 0.1) is 24.7 Å². The van der Waals surface area contributed by atoms with Crippen molar-refractivity contribution in [2.45, 2.75) is 57.1 Å². The molecule has 1 aliphatic heterocycles. The molecule has 2 unspecified atom stereocenters. The molecule has 0 aromatic heterocycles. The van der Waals surface area contributed by atoms with Crippen molar-refractivity contribution in [2.75, 3.05) is 13.2 Å². The lowest BCUT2D eigenvalue weighted by atomic mass is 9.81. The summed E-state index contributed by atoms with van der Waals surface area (Å²) in [5.41, 5.74) is 0. The molecule has 0 radical (unpaired) electrons. The molecule has 1 heterocycles. The number of carboxylic acid groups (broad SMARTS) is 1. The van der Waals surface area contributed by atoms with E-state index in [2.05, 4.69) is 0 Å². The third-order valence-corrected chi connectivity index (χ3v) is 5.19. The number of morpholine rings is 1. The number of hydrogen-bond acceptors (Lipinski definition) is 3. The highest BCUT2D eigenvalue weighted by Crippen LogP contribution is 2.34. The molecule has 1 N–H and O–H groups in total. The topological polar surface area (TPSA) is 66.8 Å². The van der Waals surface area contributed by atoms with E-state index in [1.165, 1.54) is 0 Å². The summed E-state index contributed by atoms with van der Waals surface area (Å²) in [4.78, 5) is 25.7. The zero-order chi connectivity index (χ0) is 14.1. The quantitative estimate of drug-likeness (QED) is 0.836. The summed E-state index contributed by atoms with van der Waals surface area (Å²) in [6.07, 6.45) is 6.25. The van der Waals surface area contributed by atoms with E-state index in [-0.39, 0.29) is 29.9 Å². The fraction of sp³-hybridized carbons (Fsp3) is 0.867. The minimum atomic E-state index is -0.710. The largest absolute Gasteiger partial charge is 0.481 e. The van der Waals surface area contributed by atoms with Gasteiger partial charge >= 0.3 is 5.97 Å². The molecular formula is C15H23NO4. The highest BCUT2D eigenvalue weighted by atomic mass is 16.5. The minimum absolute atomic E-state index is 0.0324. The first-order chi connectivity index (χ1) is 9.66. The number of carbonyl (C=O) groups is 2. The zero-order valence-electron chi connectivity index (χ0n) is 11.8. The van der Waals surface area contributed by atoms with Crippen LogP contribution in [-0.4, -0.2) is 47.2 Å². The number of carboxylic acids is 1. The van der Waals surface area contributed by atoms with Crippen molar-refractivity contribution in [3.8, 4) is 0 Å². The van der Waals surface area contributed by atoms with Gasteiger partial charge in [0.1, 0.15) is 0 Å². The van der Waals surface area contributed by atoms with Gasteiger partial charge in [0, 0.05) is 12.5 Å². The monoisotopic (exact) mass is 281 g/mol. The summed E-state index contributed by atoms with van der Waals surface area (Å²) in [6, 6.07) is 0.272. The molecule has 0 bridgehead atoms. The third kappa shape index (κ3) is 2.55. The molecule has 0 aromatic carbocycles. The van der Waals surface area contributed by atoms with Crippen LogP contribution in [0, 0.1) is 11.8 Å². The van der Waals surface area contributed by atoms with Crippen molar-refractivity contribution in [3.63, 3.8) is 0 Å². The Balaban J connectivity index is 1.60. The van der Waals surface area contributed by atoms with E-state index in [1.807, 2.05) is 4.90 Å². The summed E-state index contributed by atoms with van der Waals surface area (Å²) in [6.45, 7) is 1.36. The molecule has 3 rings (SSSR count). The number of aliphatic carboxylic acids is 1. The van der Waals surface area contributed by atoms with E-state index < -0.39 is 5.97 Å². The van der Waals surface area contributed by atoms with E-state index in [4.69, 9.17) is 9.84 Å². The van der Waals surface area contributed by atoms with Crippen molar-refractivity contribution >= 4 is 11.9 Å². The van der Waals surface area contributed by atoms with Crippen LogP contribution in [0.25, 0.3) is 0 Å². The van der Waals surface area contributed by atoms with E-state index in [9.17, 15) is 9.59 Å². The summed E-state index contributed by atoms with van der Waals surface area (Å²) in [5, 5.41) is 9.02. The SMILES string of the molecule is O=C(O)C1CCC(C(=O)N2CCOC3CCCC32)CC1.